The predicted molar refractivity (Wildman–Crippen MR) is 141 cm³/mol. The lowest BCUT2D eigenvalue weighted by Gasteiger charge is -2.65. The fourth-order valence-corrected chi connectivity index (χ4v) is 7.88. The first-order valence-electron chi connectivity index (χ1n) is 13.7. The summed E-state index contributed by atoms with van der Waals surface area (Å²) < 4.78 is 23.7. The molecule has 9 heteroatoms. The van der Waals surface area contributed by atoms with Crippen LogP contribution < -0.4 is 10.4 Å². The molecular formula is C30H37NO8. The molecule has 3 heterocycles. The van der Waals surface area contributed by atoms with Gasteiger partial charge >= 0.3 is 17.6 Å². The van der Waals surface area contributed by atoms with Crippen LogP contribution in [0.25, 0.3) is 11.3 Å². The van der Waals surface area contributed by atoms with E-state index in [4.69, 9.17) is 18.6 Å². The first-order chi connectivity index (χ1) is 18.4. The number of hydrogen-bond acceptors (Lipinski definition) is 9. The van der Waals surface area contributed by atoms with Gasteiger partial charge in [0.2, 0.25) is 0 Å². The highest BCUT2D eigenvalue weighted by Crippen LogP contribution is 2.67. The summed E-state index contributed by atoms with van der Waals surface area (Å²) in [5.41, 5.74) is -1.83. The van der Waals surface area contributed by atoms with Crippen molar-refractivity contribution in [3.63, 3.8) is 0 Å². The quantitative estimate of drug-likeness (QED) is 0.543. The third-order valence-corrected chi connectivity index (χ3v) is 9.56. The van der Waals surface area contributed by atoms with Crippen LogP contribution in [0.15, 0.2) is 39.8 Å². The Morgan fingerprint density at radius 1 is 1.21 bits per heavy atom. The minimum atomic E-state index is -1.13. The summed E-state index contributed by atoms with van der Waals surface area (Å²) in [4.78, 5) is 41.6. The van der Waals surface area contributed by atoms with Gasteiger partial charge in [0.15, 0.2) is 0 Å². The van der Waals surface area contributed by atoms with Crippen molar-refractivity contribution in [1.29, 1.82) is 0 Å². The third kappa shape index (κ3) is 4.44. The summed E-state index contributed by atoms with van der Waals surface area (Å²) in [6.45, 7) is 9.35. The Morgan fingerprint density at radius 3 is 2.64 bits per heavy atom. The molecule has 9 nitrogen and oxygen atoms in total. The molecule has 3 aliphatic rings. The molecule has 2 fully saturated rings. The van der Waals surface area contributed by atoms with Gasteiger partial charge in [-0.2, -0.15) is 0 Å². The molecule has 0 amide bonds. The van der Waals surface area contributed by atoms with Crippen LogP contribution in [-0.4, -0.2) is 40.3 Å². The van der Waals surface area contributed by atoms with Crippen LogP contribution in [-0.2, 0) is 19.1 Å². The fraction of sp³-hybridized carbons (Fsp3) is 0.600. The van der Waals surface area contributed by atoms with E-state index in [2.05, 4.69) is 11.9 Å². The number of aromatic nitrogens is 1. The molecule has 0 bridgehead atoms. The zero-order valence-electron chi connectivity index (χ0n) is 23.2. The molecule has 2 aromatic rings. The summed E-state index contributed by atoms with van der Waals surface area (Å²) in [7, 11) is 0. The molecule has 7 atom stereocenters. The standard InChI is InChI=1S/C30H37NO8/c1-6-23(33)36-16-29(4)21-9-12-30(5)26(28(21,3)11-10-22(29)37-17(2)32)25(34)24-20(39-30)14-19(38-27(24)35)18-8-7-13-31-15-18/h7-8,13-15,21-22,25-26,34H,6,9-12,16H2,1-5H3. The van der Waals surface area contributed by atoms with Gasteiger partial charge in [0.05, 0.1) is 6.10 Å². The highest BCUT2D eigenvalue weighted by molar-refractivity contribution is 5.69. The van der Waals surface area contributed by atoms with E-state index in [-0.39, 0.29) is 36.4 Å². The largest absolute Gasteiger partial charge is 0.486 e. The molecule has 0 aromatic carbocycles. The van der Waals surface area contributed by atoms with E-state index < -0.39 is 40.2 Å². The number of hydrogen-bond donors (Lipinski definition) is 1. The number of ether oxygens (including phenoxy) is 3. The fourth-order valence-electron chi connectivity index (χ4n) is 7.88. The van der Waals surface area contributed by atoms with E-state index in [1.165, 1.54) is 6.92 Å². The second kappa shape index (κ2) is 9.77. The van der Waals surface area contributed by atoms with Crippen molar-refractivity contribution in [2.75, 3.05) is 6.61 Å². The molecule has 7 unspecified atom stereocenters. The van der Waals surface area contributed by atoms with Gasteiger partial charge in [-0.1, -0.05) is 20.8 Å². The molecule has 2 aromatic heterocycles. The van der Waals surface area contributed by atoms with Gasteiger partial charge in [0.25, 0.3) is 0 Å². The third-order valence-electron chi connectivity index (χ3n) is 9.56. The topological polar surface area (TPSA) is 125 Å². The van der Waals surface area contributed by atoms with Gasteiger partial charge in [-0.3, -0.25) is 14.6 Å². The second-order valence-electron chi connectivity index (χ2n) is 12.0. The van der Waals surface area contributed by atoms with Gasteiger partial charge < -0.3 is 23.7 Å². The van der Waals surface area contributed by atoms with Crippen LogP contribution in [0.3, 0.4) is 0 Å². The number of carbonyl (C=O) groups excluding carboxylic acids is 2. The van der Waals surface area contributed by atoms with Crippen LogP contribution in [0.4, 0.5) is 0 Å². The van der Waals surface area contributed by atoms with E-state index in [0.717, 1.165) is 0 Å². The van der Waals surface area contributed by atoms with Gasteiger partial charge in [-0.15, -0.1) is 0 Å². The Balaban J connectivity index is 1.56. The summed E-state index contributed by atoms with van der Waals surface area (Å²) in [5, 5.41) is 11.9. The molecule has 2 saturated carbocycles. The van der Waals surface area contributed by atoms with Gasteiger partial charge in [-0.25, -0.2) is 4.79 Å². The summed E-state index contributed by atoms with van der Waals surface area (Å²) in [6, 6.07) is 5.21. The SMILES string of the molecule is CCC(=O)OCC1(C)C(OC(C)=O)CCC2(C)C3C(O)c4c(cc(-c5cccnc5)oc4=O)OC3(C)CCC12. The van der Waals surface area contributed by atoms with Crippen LogP contribution >= 0.6 is 0 Å². The summed E-state index contributed by atoms with van der Waals surface area (Å²) in [6.07, 6.45) is 4.40. The van der Waals surface area contributed by atoms with Crippen molar-refractivity contribution < 1.29 is 33.3 Å². The number of aliphatic hydroxyl groups is 1. The van der Waals surface area contributed by atoms with E-state index in [1.54, 1.807) is 37.5 Å². The lowest BCUT2D eigenvalue weighted by atomic mass is 9.43. The van der Waals surface area contributed by atoms with E-state index in [9.17, 15) is 19.5 Å². The molecule has 0 radical (unpaired) electrons. The first-order valence-corrected chi connectivity index (χ1v) is 13.7. The predicted octanol–water partition coefficient (Wildman–Crippen LogP) is 4.60. The lowest BCUT2D eigenvalue weighted by molar-refractivity contribution is -0.239. The summed E-state index contributed by atoms with van der Waals surface area (Å²) in [5.74, 6) is -0.563. The van der Waals surface area contributed by atoms with Crippen molar-refractivity contribution in [2.45, 2.75) is 84.5 Å². The molecule has 0 spiro atoms. The Morgan fingerprint density at radius 2 is 1.97 bits per heavy atom. The molecule has 39 heavy (non-hydrogen) atoms. The van der Waals surface area contributed by atoms with Gasteiger partial charge in [-0.05, 0) is 56.1 Å². The maximum Gasteiger partial charge on any atom is 0.345 e. The average Bonchev–Trinajstić information content (AvgIpc) is 2.88. The number of nitrogens with zero attached hydrogens (tertiary/aromatic N) is 1. The second-order valence-corrected chi connectivity index (χ2v) is 12.0. The number of pyridine rings is 1. The number of fused-ring (bicyclic) bond motifs is 4. The molecule has 2 aliphatic carbocycles. The van der Waals surface area contributed by atoms with E-state index >= 15 is 0 Å². The zero-order valence-corrected chi connectivity index (χ0v) is 23.2. The maximum absolute atomic E-state index is 13.3. The molecule has 1 aliphatic heterocycles. The van der Waals surface area contributed by atoms with Gasteiger partial charge in [0.1, 0.15) is 35.4 Å². The molecular weight excluding hydrogens is 502 g/mol. The Labute approximate surface area is 227 Å². The highest BCUT2D eigenvalue weighted by atomic mass is 16.6. The number of esters is 2. The highest BCUT2D eigenvalue weighted by Gasteiger charge is 2.67. The number of rotatable bonds is 5. The molecule has 210 valence electrons. The monoisotopic (exact) mass is 539 g/mol. The Kier molecular flexibility index (Phi) is 6.85. The zero-order chi connectivity index (χ0) is 28.2. The van der Waals surface area contributed by atoms with Gasteiger partial charge in [0, 0.05) is 48.7 Å². The minimum Gasteiger partial charge on any atom is -0.486 e. The van der Waals surface area contributed by atoms with Crippen LogP contribution in [0, 0.1) is 22.7 Å². The first kappa shape index (κ1) is 27.4. The van der Waals surface area contributed by atoms with Crippen LogP contribution in [0.1, 0.15) is 78.4 Å². The van der Waals surface area contributed by atoms with Crippen molar-refractivity contribution >= 4 is 11.9 Å². The Bertz CT molecular complexity index is 1320. The van der Waals surface area contributed by atoms with Crippen molar-refractivity contribution in [3.8, 4) is 17.1 Å². The van der Waals surface area contributed by atoms with Crippen LogP contribution in [0.2, 0.25) is 0 Å². The number of carbonyl (C=O) groups is 2. The molecule has 0 saturated heterocycles. The van der Waals surface area contributed by atoms with E-state index in [0.29, 0.717) is 42.8 Å². The van der Waals surface area contributed by atoms with E-state index in [1.807, 2.05) is 13.8 Å². The van der Waals surface area contributed by atoms with Crippen molar-refractivity contribution in [3.05, 3.63) is 46.6 Å². The van der Waals surface area contributed by atoms with Crippen molar-refractivity contribution in [2.24, 2.45) is 22.7 Å². The van der Waals surface area contributed by atoms with Crippen LogP contribution in [0.5, 0.6) is 5.75 Å². The molecule has 1 N–H and O–H groups in total. The minimum absolute atomic E-state index is 0.0765. The normalized spacial score (nSPS) is 35.0. The average molecular weight is 540 g/mol. The lowest BCUT2D eigenvalue weighted by Crippen LogP contribution is -2.66. The number of aliphatic hydroxyl groups excluding tert-OH is 1. The summed E-state index contributed by atoms with van der Waals surface area (Å²) >= 11 is 0. The Hall–Kier alpha value is -3.20. The maximum atomic E-state index is 13.3. The van der Waals surface area contributed by atoms with Crippen molar-refractivity contribution in [1.82, 2.24) is 4.98 Å². The smallest absolute Gasteiger partial charge is 0.345 e. The molecule has 5 rings (SSSR count).